The molecular weight excluding hydrogens is 384 g/mol. The second-order valence-electron chi connectivity index (χ2n) is 7.99. The van der Waals surface area contributed by atoms with Crippen molar-refractivity contribution in [2.45, 2.75) is 38.9 Å². The molecule has 1 fully saturated rings. The third-order valence-electron chi connectivity index (χ3n) is 5.65. The molecule has 0 atom stereocenters. The van der Waals surface area contributed by atoms with Gasteiger partial charge in [-0.15, -0.1) is 0 Å². The van der Waals surface area contributed by atoms with Crippen LogP contribution in [0, 0.1) is 0 Å². The summed E-state index contributed by atoms with van der Waals surface area (Å²) in [5, 5.41) is 11.3. The molecule has 0 radical (unpaired) electrons. The highest BCUT2D eigenvalue weighted by atomic mass is 15.3. The van der Waals surface area contributed by atoms with Crippen LogP contribution in [-0.2, 0) is 13.1 Å². The molecule has 6 nitrogen and oxygen atoms in total. The average Bonchev–Trinajstić information content (AvgIpc) is 3.35. The molecule has 1 aliphatic heterocycles. The largest absolute Gasteiger partial charge is 0.357 e. The minimum Gasteiger partial charge on any atom is -0.357 e. The van der Waals surface area contributed by atoms with E-state index in [2.05, 4.69) is 82.2 Å². The van der Waals surface area contributed by atoms with E-state index in [4.69, 9.17) is 4.99 Å². The lowest BCUT2D eigenvalue weighted by atomic mass is 10.0. The molecule has 1 aromatic heterocycles. The van der Waals surface area contributed by atoms with Crippen molar-refractivity contribution < 1.29 is 0 Å². The molecule has 0 aliphatic carbocycles. The minimum absolute atomic E-state index is 0.465. The van der Waals surface area contributed by atoms with E-state index >= 15 is 0 Å². The fraction of sp³-hybridized carbons (Fsp3) is 0.360. The Morgan fingerprint density at radius 1 is 1.00 bits per heavy atom. The summed E-state index contributed by atoms with van der Waals surface area (Å²) in [7, 11) is 0. The van der Waals surface area contributed by atoms with Gasteiger partial charge in [-0.25, -0.2) is 9.67 Å². The normalized spacial score (nSPS) is 15.7. The molecule has 1 saturated heterocycles. The molecule has 2 N–H and O–H groups in total. The van der Waals surface area contributed by atoms with Crippen molar-refractivity contribution in [3.63, 3.8) is 0 Å². The van der Waals surface area contributed by atoms with Gasteiger partial charge >= 0.3 is 0 Å². The summed E-state index contributed by atoms with van der Waals surface area (Å²) < 4.78 is 1.86. The van der Waals surface area contributed by atoms with E-state index in [1.807, 2.05) is 16.9 Å². The van der Waals surface area contributed by atoms with E-state index < -0.39 is 0 Å². The van der Waals surface area contributed by atoms with E-state index in [9.17, 15) is 0 Å². The first-order valence-corrected chi connectivity index (χ1v) is 11.2. The number of likely N-dealkylation sites (tertiary alicyclic amines) is 1. The lowest BCUT2D eigenvalue weighted by molar-refractivity contribution is 0.198. The predicted molar refractivity (Wildman–Crippen MR) is 126 cm³/mol. The first kappa shape index (κ1) is 21.1. The lowest BCUT2D eigenvalue weighted by Crippen LogP contribution is -2.48. The van der Waals surface area contributed by atoms with Crippen molar-refractivity contribution in [3.05, 3.63) is 84.2 Å². The molecule has 2 aromatic carbocycles. The number of hydrogen-bond acceptors (Lipinski definition) is 3. The zero-order valence-electron chi connectivity index (χ0n) is 18.2. The molecule has 6 heteroatoms. The summed E-state index contributed by atoms with van der Waals surface area (Å²) in [6.45, 7) is 6.88. The van der Waals surface area contributed by atoms with Crippen molar-refractivity contribution >= 4 is 5.96 Å². The van der Waals surface area contributed by atoms with Crippen LogP contribution in [0.3, 0.4) is 0 Å². The van der Waals surface area contributed by atoms with Gasteiger partial charge in [0.15, 0.2) is 5.96 Å². The van der Waals surface area contributed by atoms with Gasteiger partial charge < -0.3 is 10.6 Å². The van der Waals surface area contributed by atoms with Crippen molar-refractivity contribution in [2.24, 2.45) is 4.99 Å². The number of aromatic nitrogens is 2. The second kappa shape index (κ2) is 10.8. The van der Waals surface area contributed by atoms with Crippen LogP contribution in [0.25, 0.3) is 5.69 Å². The number of piperidine rings is 1. The van der Waals surface area contributed by atoms with Crippen LogP contribution < -0.4 is 10.6 Å². The fourth-order valence-corrected chi connectivity index (χ4v) is 3.94. The highest BCUT2D eigenvalue weighted by Crippen LogP contribution is 2.14. The monoisotopic (exact) mass is 416 g/mol. The van der Waals surface area contributed by atoms with E-state index in [0.717, 1.165) is 50.7 Å². The fourth-order valence-electron chi connectivity index (χ4n) is 3.94. The molecule has 162 valence electrons. The van der Waals surface area contributed by atoms with Crippen LogP contribution in [-0.4, -0.2) is 46.3 Å². The van der Waals surface area contributed by atoms with Gasteiger partial charge in [0.1, 0.15) is 0 Å². The molecule has 0 spiro atoms. The van der Waals surface area contributed by atoms with Gasteiger partial charge in [-0.2, -0.15) is 5.10 Å². The standard InChI is InChI=1S/C25H32N6/c1-2-26-25(27-19-21-9-11-24(12-10-21)31-16-6-15-28-31)29-23-13-17-30(18-14-23)20-22-7-4-3-5-8-22/h3-12,15-16,23H,2,13-14,17-20H2,1H3,(H2,26,27,29). The Balaban J connectivity index is 1.28. The average molecular weight is 417 g/mol. The second-order valence-corrected chi connectivity index (χ2v) is 7.99. The molecule has 0 bridgehead atoms. The van der Waals surface area contributed by atoms with Crippen LogP contribution in [0.4, 0.5) is 0 Å². The maximum absolute atomic E-state index is 4.82. The first-order valence-electron chi connectivity index (χ1n) is 11.2. The number of rotatable bonds is 7. The highest BCUT2D eigenvalue weighted by Gasteiger charge is 2.20. The summed E-state index contributed by atoms with van der Waals surface area (Å²) in [6.07, 6.45) is 6.01. The van der Waals surface area contributed by atoms with Gasteiger partial charge in [0, 0.05) is 44.6 Å². The summed E-state index contributed by atoms with van der Waals surface area (Å²) in [5.41, 5.74) is 3.64. The van der Waals surface area contributed by atoms with Crippen LogP contribution in [0.15, 0.2) is 78.0 Å². The Kier molecular flexibility index (Phi) is 7.34. The molecular formula is C25H32N6. The summed E-state index contributed by atoms with van der Waals surface area (Å²) in [4.78, 5) is 7.36. The third kappa shape index (κ3) is 6.18. The van der Waals surface area contributed by atoms with Crippen molar-refractivity contribution in [2.75, 3.05) is 19.6 Å². The summed E-state index contributed by atoms with van der Waals surface area (Å²) in [6, 6.07) is 21.5. The molecule has 2 heterocycles. The van der Waals surface area contributed by atoms with Crippen LogP contribution in [0.1, 0.15) is 30.9 Å². The quantitative estimate of drug-likeness (QED) is 0.457. The molecule has 0 unspecified atom stereocenters. The van der Waals surface area contributed by atoms with E-state index in [-0.39, 0.29) is 0 Å². The number of aliphatic imine (C=N–C) groups is 1. The molecule has 0 saturated carbocycles. The Hall–Kier alpha value is -3.12. The molecule has 1 aliphatic rings. The molecule has 0 amide bonds. The topological polar surface area (TPSA) is 57.5 Å². The number of guanidine groups is 1. The smallest absolute Gasteiger partial charge is 0.191 e. The Labute approximate surface area is 185 Å². The maximum Gasteiger partial charge on any atom is 0.191 e. The van der Waals surface area contributed by atoms with Gasteiger partial charge in [-0.3, -0.25) is 4.90 Å². The van der Waals surface area contributed by atoms with Gasteiger partial charge in [0.2, 0.25) is 0 Å². The zero-order chi connectivity index (χ0) is 21.3. The summed E-state index contributed by atoms with van der Waals surface area (Å²) in [5.74, 6) is 0.903. The molecule has 3 aromatic rings. The lowest BCUT2D eigenvalue weighted by Gasteiger charge is -2.33. The van der Waals surface area contributed by atoms with Gasteiger partial charge in [-0.1, -0.05) is 42.5 Å². The summed E-state index contributed by atoms with van der Waals surface area (Å²) >= 11 is 0. The van der Waals surface area contributed by atoms with Crippen molar-refractivity contribution in [1.82, 2.24) is 25.3 Å². The van der Waals surface area contributed by atoms with Crippen molar-refractivity contribution in [1.29, 1.82) is 0 Å². The Bertz CT molecular complexity index is 926. The number of nitrogens with zero attached hydrogens (tertiary/aromatic N) is 4. The van der Waals surface area contributed by atoms with E-state index in [0.29, 0.717) is 12.6 Å². The van der Waals surface area contributed by atoms with Gasteiger partial charge in [0.05, 0.1) is 12.2 Å². The minimum atomic E-state index is 0.465. The predicted octanol–water partition coefficient (Wildman–Crippen LogP) is 3.59. The maximum atomic E-state index is 4.82. The van der Waals surface area contributed by atoms with Gasteiger partial charge in [0.25, 0.3) is 0 Å². The van der Waals surface area contributed by atoms with Crippen LogP contribution in [0.5, 0.6) is 0 Å². The van der Waals surface area contributed by atoms with Crippen LogP contribution >= 0.6 is 0 Å². The number of nitrogens with one attached hydrogen (secondary N) is 2. The van der Waals surface area contributed by atoms with E-state index in [1.54, 1.807) is 6.20 Å². The number of hydrogen-bond donors (Lipinski definition) is 2. The van der Waals surface area contributed by atoms with E-state index in [1.165, 1.54) is 11.1 Å². The SMILES string of the molecule is CCNC(=NCc1ccc(-n2cccn2)cc1)NC1CCN(Cc2ccccc2)CC1. The zero-order valence-corrected chi connectivity index (χ0v) is 18.2. The Morgan fingerprint density at radius 3 is 2.45 bits per heavy atom. The molecule has 31 heavy (non-hydrogen) atoms. The first-order chi connectivity index (χ1) is 15.3. The molecule has 4 rings (SSSR count). The highest BCUT2D eigenvalue weighted by molar-refractivity contribution is 5.80. The Morgan fingerprint density at radius 2 is 1.77 bits per heavy atom. The van der Waals surface area contributed by atoms with Crippen molar-refractivity contribution in [3.8, 4) is 5.69 Å². The third-order valence-corrected chi connectivity index (χ3v) is 5.65. The van der Waals surface area contributed by atoms with Crippen LogP contribution in [0.2, 0.25) is 0 Å². The van der Waals surface area contributed by atoms with Gasteiger partial charge in [-0.05, 0) is 49.1 Å². The number of benzene rings is 2.